The van der Waals surface area contributed by atoms with Crippen molar-refractivity contribution < 1.29 is 0 Å². The fraction of sp³-hybridized carbons (Fsp3) is 0.250. The molecule has 0 bridgehead atoms. The molecular formula is C28H29Cl2NOS. The molecule has 0 saturated carbocycles. The number of benzene rings is 2. The number of allylic oxidation sites excluding steroid dienone is 2. The van der Waals surface area contributed by atoms with Crippen molar-refractivity contribution in [3.63, 3.8) is 0 Å². The summed E-state index contributed by atoms with van der Waals surface area (Å²) in [6, 6.07) is 14.0. The van der Waals surface area contributed by atoms with Gasteiger partial charge in [-0.05, 0) is 60.2 Å². The molecule has 0 aliphatic carbocycles. The molecule has 0 radical (unpaired) electrons. The van der Waals surface area contributed by atoms with Crippen LogP contribution < -0.4 is 5.43 Å². The Labute approximate surface area is 211 Å². The first-order chi connectivity index (χ1) is 15.8. The number of aromatic nitrogens is 1. The average Bonchev–Trinajstić information content (AvgIpc) is 2.79. The number of nitrogens with zero attached hydrogens (tertiary/aromatic N) is 1. The quantitative estimate of drug-likeness (QED) is 0.169. The van der Waals surface area contributed by atoms with E-state index in [2.05, 4.69) is 37.8 Å². The van der Waals surface area contributed by atoms with E-state index >= 15 is 0 Å². The highest BCUT2D eigenvalue weighted by Gasteiger charge is 2.21. The smallest absolute Gasteiger partial charge is 0.197 e. The molecule has 0 atom stereocenters. The Morgan fingerprint density at radius 2 is 1.82 bits per heavy atom. The summed E-state index contributed by atoms with van der Waals surface area (Å²) in [5.41, 5.74) is 5.74. The third-order valence-electron chi connectivity index (χ3n) is 5.43. The molecule has 5 heteroatoms. The first-order valence-corrected chi connectivity index (χ1v) is 12.6. The lowest BCUT2D eigenvalue weighted by molar-refractivity contribution is 0.895. The molecular weight excluding hydrogens is 469 g/mol. The number of halogens is 2. The molecule has 0 aliphatic rings. The van der Waals surface area contributed by atoms with E-state index in [0.29, 0.717) is 11.1 Å². The molecule has 172 valence electrons. The summed E-state index contributed by atoms with van der Waals surface area (Å²) in [6.45, 7) is 7.89. The Kier molecular flexibility index (Phi) is 8.69. The van der Waals surface area contributed by atoms with E-state index in [-0.39, 0.29) is 5.43 Å². The summed E-state index contributed by atoms with van der Waals surface area (Å²) in [4.78, 5) is 14.6. The topological polar surface area (TPSA) is 22.0 Å². The maximum atomic E-state index is 13.8. The number of rotatable bonds is 9. The zero-order valence-corrected chi connectivity index (χ0v) is 21.6. The van der Waals surface area contributed by atoms with Gasteiger partial charge in [-0.2, -0.15) is 0 Å². The normalized spacial score (nSPS) is 11.8. The molecule has 0 aliphatic heterocycles. The van der Waals surface area contributed by atoms with E-state index in [4.69, 9.17) is 23.2 Å². The molecule has 3 aromatic rings. The first-order valence-electron chi connectivity index (χ1n) is 11.0. The SMILES string of the molecule is C=CC(Cl)(Cl)Sc1cccc(-c2cn(C)cc(-c3cccc(C/C=C/C)c3CCC)c2=O)c1. The molecule has 2 nitrogen and oxygen atoms in total. The van der Waals surface area contributed by atoms with Crippen LogP contribution in [0.1, 0.15) is 31.4 Å². The lowest BCUT2D eigenvalue weighted by Gasteiger charge is -2.16. The lowest BCUT2D eigenvalue weighted by Crippen LogP contribution is -2.13. The minimum absolute atomic E-state index is 0.0162. The van der Waals surface area contributed by atoms with Gasteiger partial charge in [0.1, 0.15) is 0 Å². The Balaban J connectivity index is 2.16. The van der Waals surface area contributed by atoms with Gasteiger partial charge < -0.3 is 4.57 Å². The predicted octanol–water partition coefficient (Wildman–Crippen LogP) is 8.20. The van der Waals surface area contributed by atoms with E-state index in [1.165, 1.54) is 29.0 Å². The van der Waals surface area contributed by atoms with Crippen molar-refractivity contribution >= 4 is 35.0 Å². The van der Waals surface area contributed by atoms with Gasteiger partial charge in [-0.25, -0.2) is 0 Å². The molecule has 2 aromatic carbocycles. The predicted molar refractivity (Wildman–Crippen MR) is 146 cm³/mol. The fourth-order valence-corrected chi connectivity index (χ4v) is 5.16. The van der Waals surface area contributed by atoms with Gasteiger partial charge in [0.25, 0.3) is 0 Å². The standard InChI is InChI=1S/C28H29Cl2NOS/c1-5-8-12-20-13-10-16-24(23(20)11-6-2)26-19-31(4)18-25(27(26)32)21-14-9-15-22(17-21)33-28(29,30)7-3/h5,7-10,13-19H,3,6,11-12H2,1-2,4H3/b8-5+. The number of aryl methyl sites for hydroxylation is 1. The maximum Gasteiger partial charge on any atom is 0.197 e. The fourth-order valence-electron chi connectivity index (χ4n) is 3.90. The minimum atomic E-state index is -1.13. The van der Waals surface area contributed by atoms with Gasteiger partial charge in [-0.1, -0.05) is 97.4 Å². The van der Waals surface area contributed by atoms with Crippen molar-refractivity contribution in [1.29, 1.82) is 0 Å². The van der Waals surface area contributed by atoms with Crippen molar-refractivity contribution in [1.82, 2.24) is 4.57 Å². The highest BCUT2D eigenvalue weighted by atomic mass is 35.5. The monoisotopic (exact) mass is 497 g/mol. The summed E-state index contributed by atoms with van der Waals surface area (Å²) in [7, 11) is 1.95. The van der Waals surface area contributed by atoms with Crippen molar-refractivity contribution in [3.8, 4) is 22.3 Å². The van der Waals surface area contributed by atoms with Crippen molar-refractivity contribution in [2.75, 3.05) is 0 Å². The third-order valence-corrected chi connectivity index (χ3v) is 7.13. The van der Waals surface area contributed by atoms with Crippen LogP contribution in [0, 0.1) is 0 Å². The van der Waals surface area contributed by atoms with Crippen LogP contribution >= 0.6 is 35.0 Å². The van der Waals surface area contributed by atoms with Crippen LogP contribution in [0.2, 0.25) is 0 Å². The molecule has 0 saturated heterocycles. The van der Waals surface area contributed by atoms with E-state index < -0.39 is 3.67 Å². The number of thioether (sulfide) groups is 1. The molecule has 1 heterocycles. The second-order valence-electron chi connectivity index (χ2n) is 7.94. The summed E-state index contributed by atoms with van der Waals surface area (Å²) in [5, 5.41) is 0. The number of pyridine rings is 1. The van der Waals surface area contributed by atoms with Crippen LogP contribution in [-0.2, 0) is 19.9 Å². The number of alkyl halides is 2. The van der Waals surface area contributed by atoms with Crippen molar-refractivity contribution in [2.45, 2.75) is 41.7 Å². The van der Waals surface area contributed by atoms with Gasteiger partial charge in [-0.3, -0.25) is 4.79 Å². The summed E-state index contributed by atoms with van der Waals surface area (Å²) in [6.07, 6.45) is 12.3. The van der Waals surface area contributed by atoms with E-state index in [1.54, 1.807) is 0 Å². The van der Waals surface area contributed by atoms with Gasteiger partial charge in [-0.15, -0.1) is 0 Å². The first kappa shape index (κ1) is 25.4. The minimum Gasteiger partial charge on any atom is -0.356 e. The van der Waals surface area contributed by atoms with Crippen LogP contribution in [-0.4, -0.2) is 8.23 Å². The van der Waals surface area contributed by atoms with Crippen LogP contribution in [0.5, 0.6) is 0 Å². The Morgan fingerprint density at radius 3 is 2.52 bits per heavy atom. The Bertz CT molecular complexity index is 1230. The van der Waals surface area contributed by atoms with Crippen LogP contribution in [0.15, 0.2) is 89.4 Å². The van der Waals surface area contributed by atoms with Crippen LogP contribution in [0.25, 0.3) is 22.3 Å². The van der Waals surface area contributed by atoms with Gasteiger partial charge in [0.2, 0.25) is 0 Å². The highest BCUT2D eigenvalue weighted by Crippen LogP contribution is 2.41. The molecule has 3 rings (SSSR count). The van der Waals surface area contributed by atoms with E-state index in [0.717, 1.165) is 35.3 Å². The van der Waals surface area contributed by atoms with Crippen LogP contribution in [0.3, 0.4) is 0 Å². The zero-order chi connectivity index (χ0) is 24.0. The second-order valence-corrected chi connectivity index (χ2v) is 11.1. The second kappa shape index (κ2) is 11.3. The lowest BCUT2D eigenvalue weighted by atomic mass is 9.90. The van der Waals surface area contributed by atoms with E-state index in [1.807, 2.05) is 61.3 Å². The molecule has 0 spiro atoms. The summed E-state index contributed by atoms with van der Waals surface area (Å²) < 4.78 is 0.825. The Hall–Kier alpha value is -2.20. The largest absolute Gasteiger partial charge is 0.356 e. The van der Waals surface area contributed by atoms with E-state index in [9.17, 15) is 4.79 Å². The molecule has 33 heavy (non-hydrogen) atoms. The number of hydrogen-bond donors (Lipinski definition) is 0. The zero-order valence-electron chi connectivity index (χ0n) is 19.3. The van der Waals surface area contributed by atoms with Crippen molar-refractivity contribution in [2.24, 2.45) is 7.05 Å². The third kappa shape index (κ3) is 6.23. The molecule has 0 unspecified atom stereocenters. The van der Waals surface area contributed by atoms with Gasteiger partial charge in [0, 0.05) is 35.5 Å². The Morgan fingerprint density at radius 1 is 1.09 bits per heavy atom. The van der Waals surface area contributed by atoms with Gasteiger partial charge in [0.15, 0.2) is 9.09 Å². The maximum absolute atomic E-state index is 13.8. The van der Waals surface area contributed by atoms with Crippen LogP contribution in [0.4, 0.5) is 0 Å². The van der Waals surface area contributed by atoms with Gasteiger partial charge >= 0.3 is 0 Å². The molecule has 0 amide bonds. The average molecular weight is 499 g/mol. The van der Waals surface area contributed by atoms with Gasteiger partial charge in [0.05, 0.1) is 0 Å². The molecule has 0 fully saturated rings. The van der Waals surface area contributed by atoms with Crippen molar-refractivity contribution in [3.05, 3.63) is 101 Å². The molecule has 1 aromatic heterocycles. The number of hydrogen-bond acceptors (Lipinski definition) is 2. The highest BCUT2D eigenvalue weighted by molar-refractivity contribution is 8.03. The molecule has 0 N–H and O–H groups in total. The summed E-state index contributed by atoms with van der Waals surface area (Å²) >= 11 is 13.8. The summed E-state index contributed by atoms with van der Waals surface area (Å²) in [5.74, 6) is 0.